The van der Waals surface area contributed by atoms with Crippen LogP contribution in [0.25, 0.3) is 0 Å². The number of guanidine groups is 1. The SMILES string of the molecule is CCNC(=NCc1nc(C(F)(F)F)cs1)NCCCS(=O)(=O)Cc1ccccc1.I. The van der Waals surface area contributed by atoms with Crippen LogP contribution in [0.3, 0.4) is 0 Å². The molecule has 1 aromatic heterocycles. The van der Waals surface area contributed by atoms with Crippen LogP contribution in [-0.4, -0.2) is 38.2 Å². The van der Waals surface area contributed by atoms with Gasteiger partial charge >= 0.3 is 6.18 Å². The van der Waals surface area contributed by atoms with Gasteiger partial charge in [0.1, 0.15) is 5.01 Å². The van der Waals surface area contributed by atoms with Crippen molar-refractivity contribution in [1.82, 2.24) is 15.6 Å². The Kier molecular flexibility index (Phi) is 11.0. The van der Waals surface area contributed by atoms with E-state index < -0.39 is 21.7 Å². The summed E-state index contributed by atoms with van der Waals surface area (Å²) in [6.07, 6.45) is -4.08. The van der Waals surface area contributed by atoms with Crippen molar-refractivity contribution < 1.29 is 21.6 Å². The fourth-order valence-corrected chi connectivity index (χ4v) is 4.55. The molecule has 0 aliphatic rings. The zero-order valence-corrected chi connectivity index (χ0v) is 20.2. The molecular formula is C18H24F3IN4O2S2. The molecule has 1 heterocycles. The molecule has 0 aliphatic carbocycles. The van der Waals surface area contributed by atoms with Crippen LogP contribution in [0.15, 0.2) is 40.7 Å². The van der Waals surface area contributed by atoms with E-state index in [0.29, 0.717) is 25.5 Å². The molecule has 2 N–H and O–H groups in total. The minimum atomic E-state index is -4.47. The molecule has 6 nitrogen and oxygen atoms in total. The predicted molar refractivity (Wildman–Crippen MR) is 124 cm³/mol. The van der Waals surface area contributed by atoms with Gasteiger partial charge in [0.05, 0.1) is 18.1 Å². The van der Waals surface area contributed by atoms with E-state index in [1.54, 1.807) is 24.3 Å². The molecule has 0 fully saturated rings. The van der Waals surface area contributed by atoms with Crippen molar-refractivity contribution in [3.63, 3.8) is 0 Å². The smallest absolute Gasteiger partial charge is 0.357 e. The molecule has 0 aliphatic heterocycles. The molecule has 0 amide bonds. The second-order valence-corrected chi connectivity index (χ2v) is 9.30. The first-order valence-corrected chi connectivity index (χ1v) is 11.7. The molecule has 0 spiro atoms. The third-order valence-corrected chi connectivity index (χ3v) is 6.23. The van der Waals surface area contributed by atoms with Crippen LogP contribution in [0, 0.1) is 0 Å². The lowest BCUT2D eigenvalue weighted by Crippen LogP contribution is -2.38. The van der Waals surface area contributed by atoms with Gasteiger partial charge in [-0.25, -0.2) is 18.4 Å². The molecular weight excluding hydrogens is 552 g/mol. The zero-order chi connectivity index (χ0) is 21.3. The summed E-state index contributed by atoms with van der Waals surface area (Å²) in [6.45, 7) is 2.78. The average Bonchev–Trinajstić information content (AvgIpc) is 3.13. The average molecular weight is 576 g/mol. The maximum absolute atomic E-state index is 12.6. The van der Waals surface area contributed by atoms with Gasteiger partial charge in [-0.15, -0.1) is 35.3 Å². The van der Waals surface area contributed by atoms with Crippen molar-refractivity contribution in [2.45, 2.75) is 31.8 Å². The van der Waals surface area contributed by atoms with E-state index in [2.05, 4.69) is 20.6 Å². The number of halogens is 4. The molecule has 30 heavy (non-hydrogen) atoms. The molecule has 0 bridgehead atoms. The molecule has 2 rings (SSSR count). The summed E-state index contributed by atoms with van der Waals surface area (Å²) in [5, 5.41) is 7.18. The largest absolute Gasteiger partial charge is 0.434 e. The Balaban J connectivity index is 0.00000450. The van der Waals surface area contributed by atoms with Crippen molar-refractivity contribution in [2.75, 3.05) is 18.8 Å². The summed E-state index contributed by atoms with van der Waals surface area (Å²) in [4.78, 5) is 7.74. The quantitative estimate of drug-likeness (QED) is 0.205. The van der Waals surface area contributed by atoms with Crippen LogP contribution in [0.5, 0.6) is 0 Å². The molecule has 0 atom stereocenters. The predicted octanol–water partition coefficient (Wildman–Crippen LogP) is 3.84. The Hall–Kier alpha value is -1.41. The minimum Gasteiger partial charge on any atom is -0.357 e. The monoisotopic (exact) mass is 576 g/mol. The fourth-order valence-electron chi connectivity index (χ4n) is 2.40. The highest BCUT2D eigenvalue weighted by atomic mass is 127. The number of benzene rings is 1. The van der Waals surface area contributed by atoms with Crippen LogP contribution in [0.1, 0.15) is 29.6 Å². The van der Waals surface area contributed by atoms with E-state index in [9.17, 15) is 21.6 Å². The van der Waals surface area contributed by atoms with E-state index >= 15 is 0 Å². The van der Waals surface area contributed by atoms with Crippen LogP contribution in [-0.2, 0) is 28.3 Å². The highest BCUT2D eigenvalue weighted by Crippen LogP contribution is 2.30. The maximum Gasteiger partial charge on any atom is 0.434 e. The van der Waals surface area contributed by atoms with Gasteiger partial charge in [0, 0.05) is 18.5 Å². The summed E-state index contributed by atoms with van der Waals surface area (Å²) in [5.41, 5.74) is -0.175. The molecule has 12 heteroatoms. The first-order valence-electron chi connectivity index (χ1n) is 8.98. The topological polar surface area (TPSA) is 83.4 Å². The lowest BCUT2D eigenvalue weighted by atomic mass is 10.2. The molecule has 1 aromatic carbocycles. The van der Waals surface area contributed by atoms with Gasteiger partial charge in [-0.05, 0) is 18.9 Å². The van der Waals surface area contributed by atoms with Gasteiger partial charge in [0.2, 0.25) is 0 Å². The number of alkyl halides is 3. The number of aromatic nitrogens is 1. The minimum absolute atomic E-state index is 0. The Morgan fingerprint density at radius 2 is 1.90 bits per heavy atom. The standard InChI is InChI=1S/C18H23F3N4O2S2.HI/c1-2-22-17(24-11-16-25-15(12-28-16)18(19,20)21)23-9-6-10-29(26,27)13-14-7-4-3-5-8-14;/h3-5,7-8,12H,2,6,9-11,13H2,1H3,(H2,22,23,24);1H. The number of rotatable bonds is 9. The molecule has 2 aromatic rings. The second-order valence-electron chi connectivity index (χ2n) is 6.18. The van der Waals surface area contributed by atoms with Gasteiger partial charge in [-0.2, -0.15) is 13.2 Å². The number of hydrogen-bond acceptors (Lipinski definition) is 5. The number of thiazole rings is 1. The van der Waals surface area contributed by atoms with Crippen molar-refractivity contribution >= 4 is 51.1 Å². The first-order chi connectivity index (χ1) is 13.7. The van der Waals surface area contributed by atoms with Crippen molar-refractivity contribution in [2.24, 2.45) is 4.99 Å². The molecule has 0 saturated heterocycles. The fraction of sp³-hybridized carbons (Fsp3) is 0.444. The lowest BCUT2D eigenvalue weighted by Gasteiger charge is -2.11. The molecule has 0 radical (unpaired) electrons. The first kappa shape index (κ1) is 26.6. The van der Waals surface area contributed by atoms with Crippen LogP contribution in [0.2, 0.25) is 0 Å². The number of aliphatic imine (C=N–C) groups is 1. The Morgan fingerprint density at radius 3 is 2.50 bits per heavy atom. The third-order valence-electron chi connectivity index (χ3n) is 3.71. The van der Waals surface area contributed by atoms with Crippen LogP contribution < -0.4 is 10.6 Å². The molecule has 168 valence electrons. The van der Waals surface area contributed by atoms with Gasteiger partial charge < -0.3 is 10.6 Å². The van der Waals surface area contributed by atoms with Crippen LogP contribution in [0.4, 0.5) is 13.2 Å². The van der Waals surface area contributed by atoms with Crippen molar-refractivity contribution in [3.8, 4) is 0 Å². The Bertz CT molecular complexity index is 904. The molecule has 0 saturated carbocycles. The lowest BCUT2D eigenvalue weighted by molar-refractivity contribution is -0.140. The molecule has 0 unspecified atom stereocenters. The summed E-state index contributed by atoms with van der Waals surface area (Å²) < 4.78 is 62.2. The van der Waals surface area contributed by atoms with Crippen molar-refractivity contribution in [1.29, 1.82) is 0 Å². The highest BCUT2D eigenvalue weighted by Gasteiger charge is 2.33. The number of nitrogens with one attached hydrogen (secondary N) is 2. The number of sulfone groups is 1. The van der Waals surface area contributed by atoms with E-state index in [1.165, 1.54) is 0 Å². The highest BCUT2D eigenvalue weighted by molar-refractivity contribution is 14.0. The van der Waals surface area contributed by atoms with Crippen LogP contribution >= 0.6 is 35.3 Å². The van der Waals surface area contributed by atoms with Crippen molar-refractivity contribution in [3.05, 3.63) is 52.0 Å². The zero-order valence-electron chi connectivity index (χ0n) is 16.3. The summed E-state index contributed by atoms with van der Waals surface area (Å²) >= 11 is 0.896. The third kappa shape index (κ3) is 9.60. The number of nitrogens with zero attached hydrogens (tertiary/aromatic N) is 2. The van der Waals surface area contributed by atoms with E-state index in [-0.39, 0.29) is 47.0 Å². The van der Waals surface area contributed by atoms with E-state index in [0.717, 1.165) is 22.3 Å². The van der Waals surface area contributed by atoms with E-state index in [4.69, 9.17) is 0 Å². The summed E-state index contributed by atoms with van der Waals surface area (Å²) in [6, 6.07) is 8.97. The second kappa shape index (κ2) is 12.4. The Morgan fingerprint density at radius 1 is 1.20 bits per heavy atom. The van der Waals surface area contributed by atoms with Gasteiger partial charge in [0.15, 0.2) is 21.5 Å². The normalized spacial score (nSPS) is 12.3. The number of hydrogen-bond donors (Lipinski definition) is 2. The summed E-state index contributed by atoms with van der Waals surface area (Å²) in [5.74, 6) is 0.417. The maximum atomic E-state index is 12.6. The summed E-state index contributed by atoms with van der Waals surface area (Å²) in [7, 11) is -3.23. The van der Waals surface area contributed by atoms with Gasteiger partial charge in [-0.1, -0.05) is 30.3 Å². The van der Waals surface area contributed by atoms with Gasteiger partial charge in [0.25, 0.3) is 0 Å². The Labute approximate surface area is 195 Å². The van der Waals surface area contributed by atoms with E-state index in [1.807, 2.05) is 13.0 Å². The van der Waals surface area contributed by atoms with Gasteiger partial charge in [-0.3, -0.25) is 0 Å².